The van der Waals surface area contributed by atoms with Crippen molar-refractivity contribution in [3.8, 4) is 11.4 Å². The number of amides is 1. The minimum Gasteiger partial charge on any atom is -0.325 e. The van der Waals surface area contributed by atoms with Crippen molar-refractivity contribution in [1.29, 1.82) is 0 Å². The van der Waals surface area contributed by atoms with Crippen molar-refractivity contribution in [1.82, 2.24) is 14.8 Å². The lowest BCUT2D eigenvalue weighted by molar-refractivity contribution is -0.113. The average molecular weight is 379 g/mol. The summed E-state index contributed by atoms with van der Waals surface area (Å²) in [4.78, 5) is 12.4. The summed E-state index contributed by atoms with van der Waals surface area (Å²) in [5, 5.41) is 12.6. The molecule has 4 rings (SSSR count). The number of anilines is 1. The fourth-order valence-corrected chi connectivity index (χ4v) is 4.44. The molecule has 2 aromatic carbocycles. The van der Waals surface area contributed by atoms with Crippen LogP contribution >= 0.6 is 11.8 Å². The van der Waals surface area contributed by atoms with Crippen LogP contribution in [0.25, 0.3) is 11.4 Å². The van der Waals surface area contributed by atoms with Crippen molar-refractivity contribution in [3.05, 3.63) is 59.7 Å². The number of thioether (sulfide) groups is 1. The number of hydrogen-bond acceptors (Lipinski definition) is 4. The molecular formula is C21H22N4OS. The lowest BCUT2D eigenvalue weighted by Gasteiger charge is -2.34. The summed E-state index contributed by atoms with van der Waals surface area (Å²) in [5.41, 5.74) is 4.17. The van der Waals surface area contributed by atoms with E-state index in [0.717, 1.165) is 34.2 Å². The summed E-state index contributed by atoms with van der Waals surface area (Å²) in [5.74, 6) is 1.13. The van der Waals surface area contributed by atoms with Gasteiger partial charge in [-0.3, -0.25) is 9.36 Å². The number of benzene rings is 2. The van der Waals surface area contributed by atoms with Crippen LogP contribution in [0.1, 0.15) is 25.0 Å². The zero-order valence-corrected chi connectivity index (χ0v) is 16.5. The maximum absolute atomic E-state index is 12.4. The number of carbonyl (C=O) groups is 1. The predicted molar refractivity (Wildman–Crippen MR) is 109 cm³/mol. The highest BCUT2D eigenvalue weighted by atomic mass is 32.2. The number of hydrogen-bond donors (Lipinski definition) is 1. The molecule has 1 aliphatic rings. The molecule has 0 radical (unpaired) electrons. The Kier molecular flexibility index (Phi) is 4.52. The van der Waals surface area contributed by atoms with Crippen LogP contribution in [-0.2, 0) is 16.8 Å². The summed E-state index contributed by atoms with van der Waals surface area (Å²) in [6.45, 7) is 6.36. The van der Waals surface area contributed by atoms with E-state index >= 15 is 0 Å². The van der Waals surface area contributed by atoms with Gasteiger partial charge in [-0.2, -0.15) is 0 Å². The molecular weight excluding hydrogens is 356 g/mol. The molecule has 138 valence electrons. The van der Waals surface area contributed by atoms with Gasteiger partial charge in [-0.15, -0.1) is 10.2 Å². The normalized spacial score (nSPS) is 14.3. The number of fused-ring (bicyclic) bond motifs is 3. The second-order valence-corrected chi connectivity index (χ2v) is 8.38. The molecule has 0 spiro atoms. The van der Waals surface area contributed by atoms with Crippen LogP contribution in [0.4, 0.5) is 5.69 Å². The highest BCUT2D eigenvalue weighted by Crippen LogP contribution is 2.39. The van der Waals surface area contributed by atoms with E-state index in [4.69, 9.17) is 0 Å². The van der Waals surface area contributed by atoms with Crippen molar-refractivity contribution in [3.63, 3.8) is 0 Å². The minimum atomic E-state index is -0.137. The van der Waals surface area contributed by atoms with E-state index in [1.54, 1.807) is 0 Å². The Morgan fingerprint density at radius 3 is 2.70 bits per heavy atom. The third-order valence-corrected chi connectivity index (χ3v) is 5.80. The molecule has 0 saturated heterocycles. The lowest BCUT2D eigenvalue weighted by atomic mass is 9.87. The number of nitrogens with one attached hydrogen (secondary N) is 1. The number of aromatic nitrogens is 3. The molecule has 6 heteroatoms. The largest absolute Gasteiger partial charge is 0.325 e. The Labute approximate surface area is 163 Å². The molecule has 0 bridgehead atoms. The molecule has 2 heterocycles. The molecule has 27 heavy (non-hydrogen) atoms. The molecule has 0 atom stereocenters. The summed E-state index contributed by atoms with van der Waals surface area (Å²) in [7, 11) is 0. The molecule has 5 nitrogen and oxygen atoms in total. The lowest BCUT2D eigenvalue weighted by Crippen LogP contribution is -2.33. The van der Waals surface area contributed by atoms with Crippen molar-refractivity contribution >= 4 is 23.4 Å². The Hall–Kier alpha value is -2.60. The fourth-order valence-electron chi connectivity index (χ4n) is 3.55. The van der Waals surface area contributed by atoms with Gasteiger partial charge < -0.3 is 5.32 Å². The highest BCUT2D eigenvalue weighted by Gasteiger charge is 2.34. The van der Waals surface area contributed by atoms with Crippen molar-refractivity contribution in [2.75, 3.05) is 11.1 Å². The van der Waals surface area contributed by atoms with E-state index in [9.17, 15) is 4.79 Å². The van der Waals surface area contributed by atoms with Gasteiger partial charge in [0.15, 0.2) is 11.0 Å². The molecule has 3 aromatic rings. The van der Waals surface area contributed by atoms with Crippen molar-refractivity contribution < 1.29 is 4.79 Å². The van der Waals surface area contributed by atoms with Gasteiger partial charge in [0, 0.05) is 16.8 Å². The van der Waals surface area contributed by atoms with Crippen LogP contribution in [0.15, 0.2) is 53.7 Å². The standard InChI is InChI=1S/C21H22N4OS/c1-14-8-4-7-11-17(14)22-18(26)13-27-20-24-23-19-16-10-6-5-9-15(16)12-21(2,3)25(19)20/h4-11H,12-13H2,1-3H3,(H,22,26). The van der Waals surface area contributed by atoms with Crippen LogP contribution in [0.2, 0.25) is 0 Å². The van der Waals surface area contributed by atoms with Crippen molar-refractivity contribution in [2.24, 2.45) is 0 Å². The molecule has 1 amide bonds. The van der Waals surface area contributed by atoms with Crippen LogP contribution in [0.5, 0.6) is 0 Å². The molecule has 0 saturated carbocycles. The smallest absolute Gasteiger partial charge is 0.234 e. The Bertz CT molecular complexity index is 1010. The van der Waals surface area contributed by atoms with Gasteiger partial charge in [-0.05, 0) is 44.4 Å². The predicted octanol–water partition coefficient (Wildman–Crippen LogP) is 4.28. The van der Waals surface area contributed by atoms with Gasteiger partial charge in [0.2, 0.25) is 5.91 Å². The maximum atomic E-state index is 12.4. The van der Waals surface area contributed by atoms with E-state index in [1.165, 1.54) is 17.3 Å². The van der Waals surface area contributed by atoms with E-state index in [0.29, 0.717) is 5.75 Å². The first-order valence-electron chi connectivity index (χ1n) is 8.98. The number of carbonyl (C=O) groups excluding carboxylic acids is 1. The van der Waals surface area contributed by atoms with E-state index in [1.807, 2.05) is 37.3 Å². The topological polar surface area (TPSA) is 59.8 Å². The Morgan fingerprint density at radius 2 is 1.89 bits per heavy atom. The molecule has 0 aliphatic carbocycles. The molecule has 1 aromatic heterocycles. The molecule has 0 unspecified atom stereocenters. The zero-order chi connectivity index (χ0) is 19.0. The first-order chi connectivity index (χ1) is 13.0. The van der Waals surface area contributed by atoms with Crippen LogP contribution in [0.3, 0.4) is 0 Å². The molecule has 1 N–H and O–H groups in total. The first-order valence-corrected chi connectivity index (χ1v) is 9.97. The Balaban J connectivity index is 1.54. The van der Waals surface area contributed by atoms with E-state index in [2.05, 4.69) is 52.1 Å². The van der Waals surface area contributed by atoms with Crippen LogP contribution in [0, 0.1) is 6.92 Å². The molecule has 1 aliphatic heterocycles. The average Bonchev–Trinajstić information content (AvgIpc) is 3.07. The highest BCUT2D eigenvalue weighted by molar-refractivity contribution is 7.99. The zero-order valence-electron chi connectivity index (χ0n) is 15.7. The van der Waals surface area contributed by atoms with E-state index in [-0.39, 0.29) is 11.4 Å². The van der Waals surface area contributed by atoms with Crippen molar-refractivity contribution in [2.45, 2.75) is 37.9 Å². The van der Waals surface area contributed by atoms with E-state index < -0.39 is 0 Å². The number of aryl methyl sites for hydroxylation is 1. The quantitative estimate of drug-likeness (QED) is 0.689. The molecule has 0 fully saturated rings. The van der Waals surface area contributed by atoms with Gasteiger partial charge in [0.05, 0.1) is 5.75 Å². The summed E-state index contributed by atoms with van der Waals surface area (Å²) < 4.78 is 2.17. The minimum absolute atomic E-state index is 0.0411. The van der Waals surface area contributed by atoms with Gasteiger partial charge in [-0.1, -0.05) is 54.2 Å². The SMILES string of the molecule is Cc1ccccc1NC(=O)CSc1nnc2n1C(C)(C)Cc1ccccc1-2. The first kappa shape index (κ1) is 17.8. The summed E-state index contributed by atoms with van der Waals surface area (Å²) in [6.07, 6.45) is 0.914. The fraction of sp³-hybridized carbons (Fsp3) is 0.286. The summed E-state index contributed by atoms with van der Waals surface area (Å²) >= 11 is 1.43. The van der Waals surface area contributed by atoms with Gasteiger partial charge >= 0.3 is 0 Å². The third-order valence-electron chi connectivity index (χ3n) is 4.87. The van der Waals surface area contributed by atoms with Gasteiger partial charge in [-0.25, -0.2) is 0 Å². The Morgan fingerprint density at radius 1 is 1.15 bits per heavy atom. The second-order valence-electron chi connectivity index (χ2n) is 7.44. The number of nitrogens with zero attached hydrogens (tertiary/aromatic N) is 3. The number of rotatable bonds is 4. The van der Waals surface area contributed by atoms with Crippen LogP contribution in [-0.4, -0.2) is 26.4 Å². The third kappa shape index (κ3) is 3.37. The summed E-state index contributed by atoms with van der Waals surface area (Å²) in [6, 6.07) is 16.1. The van der Waals surface area contributed by atoms with Gasteiger partial charge in [0.1, 0.15) is 0 Å². The maximum Gasteiger partial charge on any atom is 0.234 e. The second kappa shape index (κ2) is 6.85. The monoisotopic (exact) mass is 378 g/mol. The number of para-hydroxylation sites is 1. The van der Waals surface area contributed by atoms with Gasteiger partial charge in [0.25, 0.3) is 0 Å². The van der Waals surface area contributed by atoms with Crippen LogP contribution < -0.4 is 5.32 Å².